The molecular weight excluding hydrogens is 454 g/mol. The van der Waals surface area contributed by atoms with Gasteiger partial charge in [-0.1, -0.05) is 0 Å². The van der Waals surface area contributed by atoms with Crippen molar-refractivity contribution in [3.63, 3.8) is 0 Å². The fourth-order valence-electron chi connectivity index (χ4n) is 3.23. The molecule has 2 aromatic carbocycles. The summed E-state index contributed by atoms with van der Waals surface area (Å²) in [5.41, 5.74) is 3.46. The number of aromatic nitrogens is 4. The number of rotatable bonds is 8. The van der Waals surface area contributed by atoms with Gasteiger partial charge in [-0.2, -0.15) is 5.10 Å². The zero-order valence-corrected chi connectivity index (χ0v) is 20.1. The van der Waals surface area contributed by atoms with Gasteiger partial charge >= 0.3 is 0 Å². The maximum atomic E-state index is 12.6. The molecule has 0 amide bonds. The molecule has 0 saturated heterocycles. The van der Waals surface area contributed by atoms with E-state index in [-0.39, 0.29) is 4.90 Å². The second-order valence-corrected chi connectivity index (χ2v) is 9.26. The Morgan fingerprint density at radius 3 is 2.12 bits per heavy atom. The molecule has 0 spiro atoms. The normalized spacial score (nSPS) is 11.3. The number of nitrogens with one attached hydrogen (secondary N) is 1. The molecule has 0 bridgehead atoms. The Hall–Kier alpha value is -3.92. The average molecular weight is 480 g/mol. The first kappa shape index (κ1) is 23.2. The summed E-state index contributed by atoms with van der Waals surface area (Å²) in [6.07, 6.45) is 0. The molecule has 0 atom stereocenters. The van der Waals surface area contributed by atoms with Crippen LogP contribution in [0.3, 0.4) is 0 Å². The minimum Gasteiger partial charge on any atom is -0.494 e. The van der Waals surface area contributed by atoms with Crippen molar-refractivity contribution in [1.82, 2.24) is 20.0 Å². The Labute approximate surface area is 198 Å². The van der Waals surface area contributed by atoms with Gasteiger partial charge in [-0.05, 0) is 87.9 Å². The highest BCUT2D eigenvalue weighted by atomic mass is 32.2. The van der Waals surface area contributed by atoms with Gasteiger partial charge in [0.15, 0.2) is 5.82 Å². The van der Waals surface area contributed by atoms with Gasteiger partial charge in [-0.25, -0.2) is 13.1 Å². The van der Waals surface area contributed by atoms with Crippen molar-refractivity contribution in [1.29, 1.82) is 0 Å². The van der Waals surface area contributed by atoms with E-state index in [1.54, 1.807) is 53.2 Å². The number of nitrogens with zero attached hydrogens (tertiary/aromatic N) is 4. The number of hydrogen-bond donors (Lipinski definition) is 1. The molecule has 10 heteroatoms. The van der Waals surface area contributed by atoms with E-state index in [1.165, 1.54) is 12.1 Å². The lowest BCUT2D eigenvalue weighted by Crippen LogP contribution is -2.12. The second-order valence-electron chi connectivity index (χ2n) is 7.57. The molecule has 0 fully saturated rings. The Bertz CT molecular complexity index is 1380. The predicted octanol–water partition coefficient (Wildman–Crippen LogP) is 4.58. The van der Waals surface area contributed by atoms with Crippen LogP contribution in [0.15, 0.2) is 65.6 Å². The number of ether oxygens (including phenoxy) is 2. The Morgan fingerprint density at radius 1 is 0.882 bits per heavy atom. The first-order chi connectivity index (χ1) is 16.3. The molecule has 0 unspecified atom stereocenters. The van der Waals surface area contributed by atoms with Crippen LogP contribution in [0.5, 0.6) is 17.4 Å². The summed E-state index contributed by atoms with van der Waals surface area (Å²) in [5.74, 6) is 2.02. The Morgan fingerprint density at radius 2 is 1.56 bits per heavy atom. The molecule has 4 aromatic rings. The first-order valence-corrected chi connectivity index (χ1v) is 12.2. The third-order valence-electron chi connectivity index (χ3n) is 5.27. The van der Waals surface area contributed by atoms with Crippen LogP contribution in [0, 0.1) is 20.8 Å². The molecule has 34 heavy (non-hydrogen) atoms. The standard InChI is InChI=1S/C24H25N5O4S/c1-5-32-20-10-12-22(13-11-20)34(30,31)28-19-6-8-21(9-7-19)33-24-15-14-23(25-26-24)29-18(4)16(2)17(3)27-29/h6-15,28H,5H2,1-4H3. The van der Waals surface area contributed by atoms with E-state index in [4.69, 9.17) is 9.47 Å². The van der Waals surface area contributed by atoms with E-state index in [1.807, 2.05) is 27.7 Å². The SMILES string of the molecule is CCOc1ccc(S(=O)(=O)Nc2ccc(Oc3ccc(-n4nc(C)c(C)c4C)nn3)cc2)cc1. The minimum atomic E-state index is -3.73. The molecule has 2 aromatic heterocycles. The smallest absolute Gasteiger partial charge is 0.261 e. The first-order valence-electron chi connectivity index (χ1n) is 10.7. The fourth-order valence-corrected chi connectivity index (χ4v) is 4.29. The number of anilines is 1. The number of aryl methyl sites for hydroxylation is 1. The van der Waals surface area contributed by atoms with Gasteiger partial charge in [0.25, 0.3) is 10.0 Å². The van der Waals surface area contributed by atoms with Gasteiger partial charge in [-0.3, -0.25) is 4.72 Å². The summed E-state index contributed by atoms with van der Waals surface area (Å²) in [7, 11) is -3.73. The molecule has 0 radical (unpaired) electrons. The summed E-state index contributed by atoms with van der Waals surface area (Å²) in [6.45, 7) is 8.32. The molecule has 0 aliphatic carbocycles. The summed E-state index contributed by atoms with van der Waals surface area (Å²) < 4.78 is 40.7. The number of sulfonamides is 1. The molecule has 0 aliphatic rings. The summed E-state index contributed by atoms with van der Waals surface area (Å²) in [5, 5.41) is 12.8. The predicted molar refractivity (Wildman–Crippen MR) is 128 cm³/mol. The van der Waals surface area contributed by atoms with E-state index in [0.717, 1.165) is 17.0 Å². The highest BCUT2D eigenvalue weighted by molar-refractivity contribution is 7.92. The van der Waals surface area contributed by atoms with E-state index >= 15 is 0 Å². The molecule has 9 nitrogen and oxygen atoms in total. The highest BCUT2D eigenvalue weighted by Gasteiger charge is 2.15. The molecule has 2 heterocycles. The Kier molecular flexibility index (Phi) is 6.51. The molecule has 176 valence electrons. The van der Waals surface area contributed by atoms with E-state index in [2.05, 4.69) is 20.0 Å². The van der Waals surface area contributed by atoms with E-state index < -0.39 is 10.0 Å². The maximum absolute atomic E-state index is 12.6. The fraction of sp³-hybridized carbons (Fsp3) is 0.208. The van der Waals surface area contributed by atoms with Crippen molar-refractivity contribution in [2.45, 2.75) is 32.6 Å². The van der Waals surface area contributed by atoms with Crippen LogP contribution < -0.4 is 14.2 Å². The lowest BCUT2D eigenvalue weighted by atomic mass is 10.2. The van der Waals surface area contributed by atoms with Crippen molar-refractivity contribution in [2.24, 2.45) is 0 Å². The van der Waals surface area contributed by atoms with Gasteiger partial charge < -0.3 is 9.47 Å². The molecular formula is C24H25N5O4S. The van der Waals surface area contributed by atoms with Crippen LogP contribution in [-0.4, -0.2) is 35.0 Å². The topological polar surface area (TPSA) is 108 Å². The van der Waals surface area contributed by atoms with Crippen molar-refractivity contribution < 1.29 is 17.9 Å². The van der Waals surface area contributed by atoms with Gasteiger partial charge in [0.1, 0.15) is 11.5 Å². The van der Waals surface area contributed by atoms with Crippen LogP contribution in [0.1, 0.15) is 23.9 Å². The van der Waals surface area contributed by atoms with Crippen molar-refractivity contribution in [3.8, 4) is 23.2 Å². The number of benzene rings is 2. The monoisotopic (exact) mass is 479 g/mol. The van der Waals surface area contributed by atoms with Crippen LogP contribution in [-0.2, 0) is 10.0 Å². The molecule has 0 saturated carbocycles. The average Bonchev–Trinajstić information content (AvgIpc) is 3.08. The lowest BCUT2D eigenvalue weighted by Gasteiger charge is -2.10. The Balaban J connectivity index is 1.42. The van der Waals surface area contributed by atoms with Crippen LogP contribution in [0.4, 0.5) is 5.69 Å². The maximum Gasteiger partial charge on any atom is 0.261 e. The van der Waals surface area contributed by atoms with Crippen molar-refractivity contribution >= 4 is 15.7 Å². The summed E-state index contributed by atoms with van der Waals surface area (Å²) in [4.78, 5) is 0.143. The van der Waals surface area contributed by atoms with Crippen LogP contribution in [0.25, 0.3) is 5.82 Å². The zero-order chi connectivity index (χ0) is 24.3. The number of hydrogen-bond acceptors (Lipinski definition) is 7. The lowest BCUT2D eigenvalue weighted by molar-refractivity contribution is 0.340. The van der Waals surface area contributed by atoms with Gasteiger partial charge in [0.2, 0.25) is 5.88 Å². The second kappa shape index (κ2) is 9.52. The largest absolute Gasteiger partial charge is 0.494 e. The molecule has 4 rings (SSSR count). The highest BCUT2D eigenvalue weighted by Crippen LogP contribution is 2.24. The van der Waals surface area contributed by atoms with Crippen molar-refractivity contribution in [2.75, 3.05) is 11.3 Å². The van der Waals surface area contributed by atoms with Crippen LogP contribution >= 0.6 is 0 Å². The summed E-state index contributed by atoms with van der Waals surface area (Å²) in [6, 6.07) is 16.3. The van der Waals surface area contributed by atoms with E-state index in [9.17, 15) is 8.42 Å². The minimum absolute atomic E-state index is 0.143. The van der Waals surface area contributed by atoms with Gasteiger partial charge in [-0.15, -0.1) is 10.2 Å². The van der Waals surface area contributed by atoms with Crippen LogP contribution in [0.2, 0.25) is 0 Å². The van der Waals surface area contributed by atoms with Gasteiger partial charge in [0.05, 0.1) is 17.2 Å². The molecule has 1 N–H and O–H groups in total. The third-order valence-corrected chi connectivity index (χ3v) is 6.67. The quantitative estimate of drug-likeness (QED) is 0.394. The van der Waals surface area contributed by atoms with Gasteiger partial charge in [0, 0.05) is 17.4 Å². The van der Waals surface area contributed by atoms with E-state index in [0.29, 0.717) is 35.5 Å². The third kappa shape index (κ3) is 5.01. The zero-order valence-electron chi connectivity index (χ0n) is 19.3. The molecule has 0 aliphatic heterocycles. The summed E-state index contributed by atoms with van der Waals surface area (Å²) >= 11 is 0. The van der Waals surface area contributed by atoms with Crippen molar-refractivity contribution in [3.05, 3.63) is 77.6 Å².